The zero-order valence-corrected chi connectivity index (χ0v) is 12.1. The van der Waals surface area contributed by atoms with E-state index in [0.717, 1.165) is 30.9 Å². The van der Waals surface area contributed by atoms with Gasteiger partial charge in [0.25, 0.3) is 0 Å². The van der Waals surface area contributed by atoms with Crippen LogP contribution in [0.5, 0.6) is 5.75 Å². The molecule has 1 aromatic rings. The van der Waals surface area contributed by atoms with E-state index in [-0.39, 0.29) is 0 Å². The van der Waals surface area contributed by atoms with Gasteiger partial charge in [-0.25, -0.2) is 0 Å². The van der Waals surface area contributed by atoms with Gasteiger partial charge in [-0.1, -0.05) is 20.3 Å². The zero-order valence-electron chi connectivity index (χ0n) is 12.1. The third-order valence-corrected chi connectivity index (χ3v) is 4.12. The molecule has 3 heteroatoms. The summed E-state index contributed by atoms with van der Waals surface area (Å²) in [4.78, 5) is 2.53. The number of likely N-dealkylation sites (N-methyl/N-ethyl adjacent to an activating group) is 1. The van der Waals surface area contributed by atoms with Gasteiger partial charge in [-0.05, 0) is 56.6 Å². The van der Waals surface area contributed by atoms with Crippen LogP contribution >= 0.6 is 0 Å². The lowest BCUT2D eigenvalue weighted by Crippen LogP contribution is -2.47. The van der Waals surface area contributed by atoms with Gasteiger partial charge in [-0.3, -0.25) is 4.90 Å². The average molecular weight is 262 g/mol. The van der Waals surface area contributed by atoms with Crippen molar-refractivity contribution in [3.8, 4) is 5.75 Å². The number of nitrogens with zero attached hydrogens (tertiary/aromatic N) is 1. The van der Waals surface area contributed by atoms with Crippen LogP contribution in [0.2, 0.25) is 0 Å². The van der Waals surface area contributed by atoms with Crippen molar-refractivity contribution < 1.29 is 4.74 Å². The fraction of sp³-hybridized carbons (Fsp3) is 0.625. The predicted octanol–water partition coefficient (Wildman–Crippen LogP) is 3.30. The molecule has 1 aromatic carbocycles. The summed E-state index contributed by atoms with van der Waals surface area (Å²) in [5.74, 6) is 0.943. The van der Waals surface area contributed by atoms with Crippen molar-refractivity contribution in [1.29, 1.82) is 0 Å². The van der Waals surface area contributed by atoms with Gasteiger partial charge in [-0.2, -0.15) is 0 Å². The van der Waals surface area contributed by atoms with E-state index in [9.17, 15) is 0 Å². The largest absolute Gasteiger partial charge is 0.489 e. The monoisotopic (exact) mass is 262 g/mol. The number of ether oxygens (including phenoxy) is 1. The van der Waals surface area contributed by atoms with E-state index in [1.165, 1.54) is 19.3 Å². The number of anilines is 1. The summed E-state index contributed by atoms with van der Waals surface area (Å²) < 4.78 is 6.21. The molecule has 1 fully saturated rings. The maximum atomic E-state index is 6.21. The maximum absolute atomic E-state index is 6.21. The highest BCUT2D eigenvalue weighted by Gasteiger charge is 2.30. The van der Waals surface area contributed by atoms with Crippen molar-refractivity contribution in [3.63, 3.8) is 0 Å². The number of hydrogen-bond donors (Lipinski definition) is 1. The lowest BCUT2D eigenvalue weighted by Gasteiger charge is -2.39. The van der Waals surface area contributed by atoms with E-state index < -0.39 is 0 Å². The molecule has 0 saturated heterocycles. The molecular weight excluding hydrogens is 236 g/mol. The van der Waals surface area contributed by atoms with Gasteiger partial charge >= 0.3 is 0 Å². The summed E-state index contributed by atoms with van der Waals surface area (Å²) in [6, 6.07) is 8.32. The summed E-state index contributed by atoms with van der Waals surface area (Å²) in [5, 5.41) is 0. The standard InChI is InChI=1S/C16H26N2O/c1-3-18(4-2)15-7-5-6-8-16(15)19-14-11-9-13(17)10-12-14/h9-12,15-16H,3-8,17H2,1-2H3. The summed E-state index contributed by atoms with van der Waals surface area (Å²) in [5.41, 5.74) is 6.50. The molecule has 2 rings (SSSR count). The van der Waals surface area contributed by atoms with Crippen LogP contribution < -0.4 is 10.5 Å². The number of hydrogen-bond acceptors (Lipinski definition) is 3. The minimum Gasteiger partial charge on any atom is -0.489 e. The molecule has 2 atom stereocenters. The molecule has 0 spiro atoms. The first-order valence-electron chi connectivity index (χ1n) is 7.50. The molecule has 0 aromatic heterocycles. The fourth-order valence-corrected chi connectivity index (χ4v) is 3.05. The molecule has 1 saturated carbocycles. The molecule has 0 heterocycles. The second-order valence-electron chi connectivity index (χ2n) is 5.30. The first kappa shape index (κ1) is 14.2. The Morgan fingerprint density at radius 1 is 1.11 bits per heavy atom. The van der Waals surface area contributed by atoms with Crippen LogP contribution in [0.1, 0.15) is 39.5 Å². The summed E-state index contributed by atoms with van der Waals surface area (Å²) in [6.45, 7) is 6.67. The molecule has 1 aliphatic carbocycles. The lowest BCUT2D eigenvalue weighted by molar-refractivity contribution is 0.0413. The Bertz CT molecular complexity index is 373. The zero-order chi connectivity index (χ0) is 13.7. The van der Waals surface area contributed by atoms with Crippen LogP contribution in [0.25, 0.3) is 0 Å². The van der Waals surface area contributed by atoms with Gasteiger partial charge in [0.1, 0.15) is 11.9 Å². The first-order valence-corrected chi connectivity index (χ1v) is 7.50. The predicted molar refractivity (Wildman–Crippen MR) is 80.4 cm³/mol. The van der Waals surface area contributed by atoms with Crippen molar-refractivity contribution in [3.05, 3.63) is 24.3 Å². The minimum absolute atomic E-state index is 0.317. The molecule has 106 valence electrons. The molecule has 0 amide bonds. The topological polar surface area (TPSA) is 38.5 Å². The molecule has 0 bridgehead atoms. The van der Waals surface area contributed by atoms with Gasteiger partial charge in [0.15, 0.2) is 0 Å². The number of rotatable bonds is 5. The molecule has 2 N–H and O–H groups in total. The van der Waals surface area contributed by atoms with Crippen LogP contribution in [-0.4, -0.2) is 30.1 Å². The van der Waals surface area contributed by atoms with E-state index in [4.69, 9.17) is 10.5 Å². The lowest BCUT2D eigenvalue weighted by atomic mass is 9.91. The van der Waals surface area contributed by atoms with Gasteiger partial charge in [0.05, 0.1) is 0 Å². The van der Waals surface area contributed by atoms with Crippen LogP contribution in [0.3, 0.4) is 0 Å². The Morgan fingerprint density at radius 3 is 2.37 bits per heavy atom. The maximum Gasteiger partial charge on any atom is 0.119 e. The van der Waals surface area contributed by atoms with Crippen LogP contribution in [0, 0.1) is 0 Å². The third-order valence-electron chi connectivity index (χ3n) is 4.12. The fourth-order valence-electron chi connectivity index (χ4n) is 3.05. The SMILES string of the molecule is CCN(CC)C1CCCCC1Oc1ccc(N)cc1. The van der Waals surface area contributed by atoms with Crippen LogP contribution in [-0.2, 0) is 0 Å². The Balaban J connectivity index is 2.04. The number of benzene rings is 1. The van der Waals surface area contributed by atoms with Gasteiger partial charge in [0, 0.05) is 11.7 Å². The smallest absolute Gasteiger partial charge is 0.119 e. The molecular formula is C16H26N2O. The number of nitrogen functional groups attached to an aromatic ring is 1. The van der Waals surface area contributed by atoms with Crippen molar-refractivity contribution in [1.82, 2.24) is 4.90 Å². The van der Waals surface area contributed by atoms with Crippen LogP contribution in [0.4, 0.5) is 5.69 Å². The second kappa shape index (κ2) is 6.80. The molecule has 0 aliphatic heterocycles. The normalized spacial score (nSPS) is 23.5. The average Bonchev–Trinajstić information content (AvgIpc) is 2.44. The second-order valence-corrected chi connectivity index (χ2v) is 5.30. The Labute approximate surface area is 116 Å². The molecule has 3 nitrogen and oxygen atoms in total. The Morgan fingerprint density at radius 2 is 1.74 bits per heavy atom. The quantitative estimate of drug-likeness (QED) is 0.827. The van der Waals surface area contributed by atoms with E-state index >= 15 is 0 Å². The molecule has 2 unspecified atom stereocenters. The highest BCUT2D eigenvalue weighted by atomic mass is 16.5. The number of nitrogens with two attached hydrogens (primary N) is 1. The van der Waals surface area contributed by atoms with Crippen LogP contribution in [0.15, 0.2) is 24.3 Å². The van der Waals surface area contributed by atoms with Gasteiger partial charge in [0.2, 0.25) is 0 Å². The highest BCUT2D eigenvalue weighted by molar-refractivity contribution is 5.41. The van der Waals surface area contributed by atoms with Gasteiger partial charge < -0.3 is 10.5 Å². The van der Waals surface area contributed by atoms with Crippen molar-refractivity contribution in [2.24, 2.45) is 0 Å². The first-order chi connectivity index (χ1) is 9.24. The molecule has 19 heavy (non-hydrogen) atoms. The summed E-state index contributed by atoms with van der Waals surface area (Å²) >= 11 is 0. The van der Waals surface area contributed by atoms with Crippen molar-refractivity contribution in [2.45, 2.75) is 51.7 Å². The highest BCUT2D eigenvalue weighted by Crippen LogP contribution is 2.27. The summed E-state index contributed by atoms with van der Waals surface area (Å²) in [7, 11) is 0. The Hall–Kier alpha value is -1.22. The minimum atomic E-state index is 0.317. The van der Waals surface area contributed by atoms with Crippen molar-refractivity contribution in [2.75, 3.05) is 18.8 Å². The summed E-state index contributed by atoms with van der Waals surface area (Å²) in [6.07, 6.45) is 5.32. The van der Waals surface area contributed by atoms with E-state index in [2.05, 4.69) is 18.7 Å². The molecule has 0 radical (unpaired) electrons. The van der Waals surface area contributed by atoms with E-state index in [1.807, 2.05) is 24.3 Å². The Kier molecular flexibility index (Phi) is 5.08. The van der Waals surface area contributed by atoms with Gasteiger partial charge in [-0.15, -0.1) is 0 Å². The van der Waals surface area contributed by atoms with E-state index in [0.29, 0.717) is 12.1 Å². The third kappa shape index (κ3) is 3.63. The molecule has 1 aliphatic rings. The van der Waals surface area contributed by atoms with Crippen molar-refractivity contribution >= 4 is 5.69 Å². The van der Waals surface area contributed by atoms with E-state index in [1.54, 1.807) is 0 Å².